The van der Waals surface area contributed by atoms with Crippen LogP contribution in [0.4, 0.5) is 8.78 Å². The number of rotatable bonds is 3. The fourth-order valence-electron chi connectivity index (χ4n) is 1.76. The first kappa shape index (κ1) is 15.5. The largest absolute Gasteiger partial charge is 0.497 e. The zero-order valence-corrected chi connectivity index (χ0v) is 13.4. The number of methoxy groups -OCH3 is 1. The molecule has 6 heteroatoms. The van der Waals surface area contributed by atoms with Crippen LogP contribution in [-0.2, 0) is 0 Å². The summed E-state index contributed by atoms with van der Waals surface area (Å²) >= 11 is 15.4. The lowest BCUT2D eigenvalue weighted by atomic mass is 10.0. The maximum atomic E-state index is 14.0. The molecule has 0 spiro atoms. The highest BCUT2D eigenvalue weighted by atomic mass is 79.9. The molecule has 0 aliphatic carbocycles. The van der Waals surface area contributed by atoms with Gasteiger partial charge in [0.2, 0.25) is 0 Å². The predicted octanol–water partition coefficient (Wildman–Crippen LogP) is 5.72. The van der Waals surface area contributed by atoms with Crippen molar-refractivity contribution in [2.75, 3.05) is 7.11 Å². The summed E-state index contributed by atoms with van der Waals surface area (Å²) in [7, 11) is 1.33. The minimum absolute atomic E-state index is 0.0986. The molecule has 0 saturated carbocycles. The molecule has 1 atom stereocenters. The van der Waals surface area contributed by atoms with Crippen molar-refractivity contribution in [2.24, 2.45) is 0 Å². The van der Waals surface area contributed by atoms with Crippen LogP contribution < -0.4 is 4.74 Å². The number of hydrogen-bond donors (Lipinski definition) is 0. The van der Waals surface area contributed by atoms with E-state index in [-0.39, 0.29) is 11.3 Å². The lowest BCUT2D eigenvalue weighted by Gasteiger charge is -2.14. The van der Waals surface area contributed by atoms with E-state index in [0.29, 0.717) is 15.1 Å². The van der Waals surface area contributed by atoms with Crippen LogP contribution in [0, 0.1) is 11.6 Å². The Kier molecular flexibility index (Phi) is 4.89. The van der Waals surface area contributed by atoms with Crippen LogP contribution in [-0.4, -0.2) is 7.11 Å². The SMILES string of the molecule is COc1cc(F)c(C(Cl)c2ccc(Br)c(Cl)c2)c(F)c1. The first-order valence-corrected chi connectivity index (χ1v) is 7.16. The standard InChI is InChI=1S/C14H9BrCl2F2O/c1-20-8-5-11(18)13(12(19)6-8)14(17)7-2-3-9(15)10(16)4-7/h2-6,14H,1H3. The fraction of sp³-hybridized carbons (Fsp3) is 0.143. The van der Waals surface area contributed by atoms with Crippen LogP contribution in [0.3, 0.4) is 0 Å². The molecule has 0 saturated heterocycles. The van der Waals surface area contributed by atoms with Crippen molar-refractivity contribution < 1.29 is 13.5 Å². The number of benzene rings is 2. The lowest BCUT2D eigenvalue weighted by Crippen LogP contribution is -2.02. The van der Waals surface area contributed by atoms with Gasteiger partial charge in [-0.15, -0.1) is 11.6 Å². The van der Waals surface area contributed by atoms with Gasteiger partial charge in [-0.2, -0.15) is 0 Å². The van der Waals surface area contributed by atoms with Crippen LogP contribution in [0.2, 0.25) is 5.02 Å². The second-order valence-corrected chi connectivity index (χ2v) is 5.74. The molecule has 2 aromatic carbocycles. The summed E-state index contributed by atoms with van der Waals surface area (Å²) in [6.45, 7) is 0. The minimum atomic E-state index is -0.980. The number of halogens is 5. The van der Waals surface area contributed by atoms with Gasteiger partial charge in [0.25, 0.3) is 0 Å². The minimum Gasteiger partial charge on any atom is -0.497 e. The zero-order valence-electron chi connectivity index (χ0n) is 10.3. The van der Waals surface area contributed by atoms with E-state index >= 15 is 0 Å². The molecule has 0 radical (unpaired) electrons. The van der Waals surface area contributed by atoms with E-state index in [1.54, 1.807) is 18.2 Å². The van der Waals surface area contributed by atoms with Crippen molar-refractivity contribution in [1.82, 2.24) is 0 Å². The fourth-order valence-corrected chi connectivity index (χ4v) is 2.54. The summed E-state index contributed by atoms with van der Waals surface area (Å²) in [6.07, 6.45) is 0. The second kappa shape index (κ2) is 6.29. The quantitative estimate of drug-likeness (QED) is 0.618. The summed E-state index contributed by atoms with van der Waals surface area (Å²) in [5, 5.41) is -0.561. The number of ether oxygens (including phenoxy) is 1. The number of hydrogen-bond acceptors (Lipinski definition) is 1. The van der Waals surface area contributed by atoms with Crippen molar-refractivity contribution in [3.05, 3.63) is 62.6 Å². The average Bonchev–Trinajstić information content (AvgIpc) is 2.40. The van der Waals surface area contributed by atoms with Crippen molar-refractivity contribution in [1.29, 1.82) is 0 Å². The normalized spacial score (nSPS) is 12.3. The zero-order chi connectivity index (χ0) is 14.9. The van der Waals surface area contributed by atoms with E-state index in [9.17, 15) is 8.78 Å². The summed E-state index contributed by atoms with van der Waals surface area (Å²) in [4.78, 5) is 0. The van der Waals surface area contributed by atoms with Gasteiger partial charge >= 0.3 is 0 Å². The molecule has 2 rings (SSSR count). The smallest absolute Gasteiger partial charge is 0.134 e. The molecule has 0 amide bonds. The van der Waals surface area contributed by atoms with Gasteiger partial charge in [0.05, 0.1) is 17.5 Å². The summed E-state index contributed by atoms with van der Waals surface area (Å²) in [5.41, 5.74) is 0.272. The lowest BCUT2D eigenvalue weighted by molar-refractivity contribution is 0.405. The third kappa shape index (κ3) is 3.08. The van der Waals surface area contributed by atoms with Gasteiger partial charge in [-0.3, -0.25) is 0 Å². The Hall–Kier alpha value is -0.840. The van der Waals surface area contributed by atoms with Crippen LogP contribution >= 0.6 is 39.1 Å². The Morgan fingerprint density at radius 1 is 1.15 bits per heavy atom. The van der Waals surface area contributed by atoms with Crippen LogP contribution in [0.5, 0.6) is 5.75 Å². The van der Waals surface area contributed by atoms with Gasteiger partial charge in [-0.25, -0.2) is 8.78 Å². The van der Waals surface area contributed by atoms with E-state index in [0.717, 1.165) is 12.1 Å². The monoisotopic (exact) mass is 380 g/mol. The van der Waals surface area contributed by atoms with Gasteiger partial charge in [0.1, 0.15) is 17.4 Å². The Bertz CT molecular complexity index is 626. The summed E-state index contributed by atoms with van der Waals surface area (Å²) in [5.74, 6) is -1.43. The van der Waals surface area contributed by atoms with Gasteiger partial charge in [0.15, 0.2) is 0 Å². The van der Waals surface area contributed by atoms with Crippen molar-refractivity contribution >= 4 is 39.1 Å². The maximum Gasteiger partial charge on any atom is 0.134 e. The van der Waals surface area contributed by atoms with E-state index in [4.69, 9.17) is 27.9 Å². The van der Waals surface area contributed by atoms with Gasteiger partial charge in [-0.1, -0.05) is 17.7 Å². The molecule has 2 aromatic rings. The summed E-state index contributed by atoms with van der Waals surface area (Å²) < 4.78 is 33.4. The molecular formula is C14H9BrCl2F2O. The van der Waals surface area contributed by atoms with Crippen LogP contribution in [0.15, 0.2) is 34.8 Å². The molecule has 20 heavy (non-hydrogen) atoms. The topological polar surface area (TPSA) is 9.23 Å². The van der Waals surface area contributed by atoms with Crippen LogP contribution in [0.25, 0.3) is 0 Å². The van der Waals surface area contributed by atoms with E-state index < -0.39 is 17.0 Å². The first-order valence-electron chi connectivity index (χ1n) is 5.56. The van der Waals surface area contributed by atoms with Crippen LogP contribution in [0.1, 0.15) is 16.5 Å². The van der Waals surface area contributed by atoms with Gasteiger partial charge in [0, 0.05) is 22.2 Å². The Morgan fingerprint density at radius 2 is 1.75 bits per heavy atom. The van der Waals surface area contributed by atoms with Gasteiger partial charge < -0.3 is 4.74 Å². The predicted molar refractivity (Wildman–Crippen MR) is 79.8 cm³/mol. The molecular weight excluding hydrogens is 373 g/mol. The molecule has 0 aliphatic rings. The molecule has 0 aromatic heterocycles. The Labute approximate surface area is 133 Å². The van der Waals surface area contributed by atoms with Crippen molar-refractivity contribution in [3.63, 3.8) is 0 Å². The second-order valence-electron chi connectivity index (χ2n) is 4.04. The molecule has 0 fully saturated rings. The summed E-state index contributed by atoms with van der Waals surface area (Å²) in [6, 6.07) is 7.07. The Morgan fingerprint density at radius 3 is 2.25 bits per heavy atom. The molecule has 0 bridgehead atoms. The molecule has 0 aliphatic heterocycles. The maximum absolute atomic E-state index is 14.0. The van der Waals surface area contributed by atoms with E-state index in [1.807, 2.05) is 0 Å². The molecule has 1 unspecified atom stereocenters. The average molecular weight is 382 g/mol. The third-order valence-corrected chi connectivity index (χ3v) is 4.48. The van der Waals surface area contributed by atoms with E-state index in [2.05, 4.69) is 15.9 Å². The highest BCUT2D eigenvalue weighted by Gasteiger charge is 2.21. The van der Waals surface area contributed by atoms with Crippen molar-refractivity contribution in [3.8, 4) is 5.75 Å². The molecule has 106 valence electrons. The molecule has 1 nitrogen and oxygen atoms in total. The molecule has 0 heterocycles. The number of alkyl halides is 1. The first-order chi connectivity index (χ1) is 9.43. The third-order valence-electron chi connectivity index (χ3n) is 2.78. The van der Waals surface area contributed by atoms with Crippen molar-refractivity contribution in [2.45, 2.75) is 5.38 Å². The van der Waals surface area contributed by atoms with E-state index in [1.165, 1.54) is 7.11 Å². The van der Waals surface area contributed by atoms with Gasteiger partial charge in [-0.05, 0) is 33.6 Å². The Balaban J connectivity index is 2.47. The highest BCUT2D eigenvalue weighted by Crippen LogP contribution is 2.36. The molecule has 0 N–H and O–H groups in total. The highest BCUT2D eigenvalue weighted by molar-refractivity contribution is 9.10.